The van der Waals surface area contributed by atoms with Crippen LogP contribution in [-0.4, -0.2) is 64.4 Å². The van der Waals surface area contributed by atoms with Crippen molar-refractivity contribution in [3.8, 4) is 5.75 Å². The van der Waals surface area contributed by atoms with Gasteiger partial charge in [-0.1, -0.05) is 24.3 Å². The van der Waals surface area contributed by atoms with Gasteiger partial charge >= 0.3 is 0 Å². The van der Waals surface area contributed by atoms with E-state index in [2.05, 4.69) is 22.3 Å². The predicted octanol–water partition coefficient (Wildman–Crippen LogP) is 2.39. The molecular formula is C24H33N3O5S. The molecule has 0 aromatic heterocycles. The standard InChI is InChI=1S/C24H33N3O5S/c1-4-32-23-10-8-22(9-11-23)27(33(3,29)30)19(2)24(28)25-17-20-6-5-7-21(16-20)18-26-12-14-31-15-13-26/h5-11,16,19H,4,12-15,17-18H2,1-3H3,(H,25,28). The number of nitrogens with zero attached hydrogens (tertiary/aromatic N) is 2. The van der Waals surface area contributed by atoms with E-state index in [0.29, 0.717) is 24.6 Å². The van der Waals surface area contributed by atoms with Crippen LogP contribution in [0.5, 0.6) is 5.75 Å². The summed E-state index contributed by atoms with van der Waals surface area (Å²) in [7, 11) is -3.68. The molecule has 2 aromatic rings. The highest BCUT2D eigenvalue weighted by molar-refractivity contribution is 7.92. The van der Waals surface area contributed by atoms with Crippen molar-refractivity contribution in [1.29, 1.82) is 0 Å². The topological polar surface area (TPSA) is 88.2 Å². The first kappa shape index (κ1) is 25.0. The summed E-state index contributed by atoms with van der Waals surface area (Å²) in [6, 6.07) is 13.8. The summed E-state index contributed by atoms with van der Waals surface area (Å²) < 4.78 is 36.9. The number of carbonyl (C=O) groups excluding carboxylic acids is 1. The number of nitrogens with one attached hydrogen (secondary N) is 1. The van der Waals surface area contributed by atoms with E-state index in [1.807, 2.05) is 19.1 Å². The molecule has 33 heavy (non-hydrogen) atoms. The molecule has 0 spiro atoms. The lowest BCUT2D eigenvalue weighted by atomic mass is 10.1. The van der Waals surface area contributed by atoms with Gasteiger partial charge in [0, 0.05) is 26.2 Å². The summed E-state index contributed by atoms with van der Waals surface area (Å²) >= 11 is 0. The molecule has 1 fully saturated rings. The van der Waals surface area contributed by atoms with Crippen LogP contribution in [0, 0.1) is 0 Å². The highest BCUT2D eigenvalue weighted by Crippen LogP contribution is 2.24. The van der Waals surface area contributed by atoms with Gasteiger partial charge in [-0.15, -0.1) is 0 Å². The number of amides is 1. The van der Waals surface area contributed by atoms with Gasteiger partial charge in [-0.2, -0.15) is 0 Å². The van der Waals surface area contributed by atoms with E-state index in [0.717, 1.165) is 49.0 Å². The predicted molar refractivity (Wildman–Crippen MR) is 129 cm³/mol. The van der Waals surface area contributed by atoms with Crippen LogP contribution in [0.1, 0.15) is 25.0 Å². The van der Waals surface area contributed by atoms with Gasteiger partial charge in [0.15, 0.2) is 0 Å². The van der Waals surface area contributed by atoms with Crippen molar-refractivity contribution in [2.45, 2.75) is 33.0 Å². The third kappa shape index (κ3) is 7.18. The molecule has 1 aliphatic rings. The second kappa shape index (κ2) is 11.5. The fourth-order valence-corrected chi connectivity index (χ4v) is 5.03. The molecule has 0 saturated carbocycles. The van der Waals surface area contributed by atoms with Gasteiger partial charge in [0.1, 0.15) is 11.8 Å². The SMILES string of the molecule is CCOc1ccc(N(C(C)C(=O)NCc2cccc(CN3CCOCC3)c2)S(C)(=O)=O)cc1. The largest absolute Gasteiger partial charge is 0.494 e. The number of ether oxygens (including phenoxy) is 2. The van der Waals surface area contributed by atoms with Crippen molar-refractivity contribution in [2.75, 3.05) is 43.5 Å². The van der Waals surface area contributed by atoms with Gasteiger partial charge in [0.25, 0.3) is 0 Å². The molecule has 1 unspecified atom stereocenters. The minimum Gasteiger partial charge on any atom is -0.494 e. The number of rotatable bonds is 10. The molecule has 1 atom stereocenters. The van der Waals surface area contributed by atoms with Gasteiger partial charge in [0.05, 0.1) is 31.8 Å². The van der Waals surface area contributed by atoms with Gasteiger partial charge in [0.2, 0.25) is 15.9 Å². The third-order valence-electron chi connectivity index (χ3n) is 5.46. The van der Waals surface area contributed by atoms with Gasteiger partial charge < -0.3 is 14.8 Å². The second-order valence-electron chi connectivity index (χ2n) is 8.09. The lowest BCUT2D eigenvalue weighted by Gasteiger charge is -2.28. The van der Waals surface area contributed by atoms with Crippen molar-refractivity contribution in [2.24, 2.45) is 0 Å². The van der Waals surface area contributed by atoms with Gasteiger partial charge in [-0.25, -0.2) is 8.42 Å². The number of anilines is 1. The van der Waals surface area contributed by atoms with Gasteiger partial charge in [-0.3, -0.25) is 14.0 Å². The summed E-state index contributed by atoms with van der Waals surface area (Å²) in [6.07, 6.45) is 1.10. The number of hydrogen-bond acceptors (Lipinski definition) is 6. The summed E-state index contributed by atoms with van der Waals surface area (Å²) in [6.45, 7) is 8.45. The van der Waals surface area contributed by atoms with Crippen LogP contribution in [0.2, 0.25) is 0 Å². The van der Waals surface area contributed by atoms with E-state index in [1.54, 1.807) is 31.2 Å². The molecule has 1 aliphatic heterocycles. The maximum atomic E-state index is 12.9. The maximum Gasteiger partial charge on any atom is 0.243 e. The maximum absolute atomic E-state index is 12.9. The first-order valence-corrected chi connectivity index (χ1v) is 13.0. The average Bonchev–Trinajstić information content (AvgIpc) is 2.79. The van der Waals surface area contributed by atoms with Crippen LogP contribution in [0.15, 0.2) is 48.5 Å². The molecule has 3 rings (SSSR count). The van der Waals surface area contributed by atoms with E-state index in [-0.39, 0.29) is 5.91 Å². The number of hydrogen-bond donors (Lipinski definition) is 1. The average molecular weight is 476 g/mol. The fraction of sp³-hybridized carbons (Fsp3) is 0.458. The molecule has 1 amide bonds. The number of carbonyl (C=O) groups is 1. The molecule has 1 N–H and O–H groups in total. The summed E-state index contributed by atoms with van der Waals surface area (Å²) in [5.74, 6) is 0.275. The summed E-state index contributed by atoms with van der Waals surface area (Å²) in [5, 5.41) is 2.88. The Morgan fingerprint density at radius 1 is 1.15 bits per heavy atom. The zero-order chi connectivity index (χ0) is 23.8. The first-order valence-electron chi connectivity index (χ1n) is 11.2. The molecule has 0 bridgehead atoms. The van der Waals surface area contributed by atoms with Crippen LogP contribution < -0.4 is 14.4 Å². The Bertz CT molecular complexity index is 1020. The van der Waals surface area contributed by atoms with Crippen LogP contribution in [0.3, 0.4) is 0 Å². The van der Waals surface area contributed by atoms with Crippen molar-refractivity contribution in [3.63, 3.8) is 0 Å². The number of sulfonamides is 1. The Labute approximate surface area is 196 Å². The molecule has 0 aliphatic carbocycles. The zero-order valence-electron chi connectivity index (χ0n) is 19.5. The zero-order valence-corrected chi connectivity index (χ0v) is 20.3. The number of benzene rings is 2. The lowest BCUT2D eigenvalue weighted by molar-refractivity contribution is -0.122. The molecule has 180 valence electrons. The van der Waals surface area contributed by atoms with E-state index < -0.39 is 16.1 Å². The minimum absolute atomic E-state index is 0.320. The van der Waals surface area contributed by atoms with E-state index in [4.69, 9.17) is 9.47 Å². The lowest BCUT2D eigenvalue weighted by Crippen LogP contribution is -2.47. The van der Waals surface area contributed by atoms with Crippen molar-refractivity contribution < 1.29 is 22.7 Å². The van der Waals surface area contributed by atoms with Crippen LogP contribution in [0.4, 0.5) is 5.69 Å². The molecule has 2 aromatic carbocycles. The molecule has 0 radical (unpaired) electrons. The van der Waals surface area contributed by atoms with Crippen LogP contribution in [0.25, 0.3) is 0 Å². The second-order valence-corrected chi connectivity index (χ2v) is 9.95. The molecule has 1 saturated heterocycles. The molecular weight excluding hydrogens is 442 g/mol. The van der Waals surface area contributed by atoms with E-state index in [9.17, 15) is 13.2 Å². The van der Waals surface area contributed by atoms with Gasteiger partial charge in [-0.05, 0) is 49.2 Å². The van der Waals surface area contributed by atoms with E-state index >= 15 is 0 Å². The van der Waals surface area contributed by atoms with Crippen molar-refractivity contribution in [1.82, 2.24) is 10.2 Å². The Balaban J connectivity index is 1.64. The Morgan fingerprint density at radius 2 is 1.82 bits per heavy atom. The third-order valence-corrected chi connectivity index (χ3v) is 6.70. The Hall–Kier alpha value is -2.62. The number of morpholine rings is 1. The van der Waals surface area contributed by atoms with Crippen molar-refractivity contribution in [3.05, 3.63) is 59.7 Å². The Morgan fingerprint density at radius 3 is 2.45 bits per heavy atom. The summed E-state index contributed by atoms with van der Waals surface area (Å²) in [5.41, 5.74) is 2.55. The molecule has 9 heteroatoms. The molecule has 8 nitrogen and oxygen atoms in total. The van der Waals surface area contributed by atoms with Crippen LogP contribution >= 0.6 is 0 Å². The monoisotopic (exact) mass is 475 g/mol. The Kier molecular flexibility index (Phi) is 8.71. The molecule has 1 heterocycles. The summed E-state index contributed by atoms with van der Waals surface area (Å²) in [4.78, 5) is 15.2. The highest BCUT2D eigenvalue weighted by Gasteiger charge is 2.29. The first-order chi connectivity index (χ1) is 15.8. The normalized spacial score (nSPS) is 15.6. The van der Waals surface area contributed by atoms with Crippen molar-refractivity contribution >= 4 is 21.6 Å². The van der Waals surface area contributed by atoms with Crippen LogP contribution in [-0.2, 0) is 32.6 Å². The van der Waals surface area contributed by atoms with E-state index in [1.165, 1.54) is 5.56 Å². The highest BCUT2D eigenvalue weighted by atomic mass is 32.2. The smallest absolute Gasteiger partial charge is 0.243 e. The fourth-order valence-electron chi connectivity index (χ4n) is 3.86. The quantitative estimate of drug-likeness (QED) is 0.568. The minimum atomic E-state index is -3.68.